The fourth-order valence-corrected chi connectivity index (χ4v) is 2.05. The summed E-state index contributed by atoms with van der Waals surface area (Å²) in [6, 6.07) is 8.74. The zero-order valence-corrected chi connectivity index (χ0v) is 9.33. The van der Waals surface area contributed by atoms with Crippen LogP contribution in [0.3, 0.4) is 0 Å². The van der Waals surface area contributed by atoms with Crippen LogP contribution in [0.2, 0.25) is 0 Å². The summed E-state index contributed by atoms with van der Waals surface area (Å²) in [4.78, 5) is 2.41. The Morgan fingerprint density at radius 1 is 1.40 bits per heavy atom. The molecule has 1 unspecified atom stereocenters. The Kier molecular flexibility index (Phi) is 2.75. The van der Waals surface area contributed by atoms with Gasteiger partial charge >= 0.3 is 0 Å². The summed E-state index contributed by atoms with van der Waals surface area (Å²) in [5.41, 5.74) is 3.97. The molecule has 0 bridgehead atoms. The third kappa shape index (κ3) is 1.88. The van der Waals surface area contributed by atoms with Gasteiger partial charge in [0, 0.05) is 13.1 Å². The van der Waals surface area contributed by atoms with E-state index in [1.54, 1.807) is 0 Å². The van der Waals surface area contributed by atoms with Crippen molar-refractivity contribution in [2.24, 2.45) is 0 Å². The molecule has 1 heterocycles. The molecule has 0 radical (unpaired) electrons. The Morgan fingerprint density at radius 2 is 2.13 bits per heavy atom. The second kappa shape index (κ2) is 4.04. The summed E-state index contributed by atoms with van der Waals surface area (Å²) in [6.45, 7) is 7.33. The highest BCUT2D eigenvalue weighted by Crippen LogP contribution is 2.26. The van der Waals surface area contributed by atoms with Crippen LogP contribution in [0, 0.1) is 11.3 Å². The van der Waals surface area contributed by atoms with Crippen LogP contribution in [0.4, 0.5) is 0 Å². The van der Waals surface area contributed by atoms with Gasteiger partial charge in [-0.05, 0) is 30.2 Å². The molecule has 0 saturated heterocycles. The number of hydrogen-bond donors (Lipinski definition) is 0. The zero-order chi connectivity index (χ0) is 10.8. The molecule has 2 heteroatoms. The molecule has 0 fully saturated rings. The fraction of sp³-hybridized carbons (Fsp3) is 0.462. The van der Waals surface area contributed by atoms with Crippen LogP contribution in [0.5, 0.6) is 0 Å². The first-order chi connectivity index (χ1) is 7.24. The highest BCUT2D eigenvalue weighted by molar-refractivity contribution is 5.37. The Labute approximate surface area is 91.1 Å². The van der Waals surface area contributed by atoms with E-state index < -0.39 is 0 Å². The molecule has 2 nitrogen and oxygen atoms in total. The van der Waals surface area contributed by atoms with Gasteiger partial charge in [0.2, 0.25) is 0 Å². The van der Waals surface area contributed by atoms with E-state index in [4.69, 9.17) is 5.26 Å². The van der Waals surface area contributed by atoms with Crippen LogP contribution in [0.25, 0.3) is 0 Å². The normalized spacial score (nSPS) is 17.1. The lowest BCUT2D eigenvalue weighted by molar-refractivity contribution is 0.301. The molecule has 15 heavy (non-hydrogen) atoms. The van der Waals surface area contributed by atoms with Crippen LogP contribution in [0.15, 0.2) is 18.2 Å². The Hall–Kier alpha value is -1.33. The minimum absolute atomic E-state index is 0.00553. The number of nitriles is 1. The molecule has 1 aromatic rings. The van der Waals surface area contributed by atoms with E-state index in [2.05, 4.69) is 36.1 Å². The molecule has 78 valence electrons. The molecule has 0 spiro atoms. The quantitative estimate of drug-likeness (QED) is 0.733. The molecular formula is C13H16N2. The molecule has 1 aliphatic heterocycles. The SMILES string of the molecule is CCN1Cc2ccc(C(C)C#N)cc2C1. The second-order valence-corrected chi connectivity index (χ2v) is 4.18. The lowest BCUT2D eigenvalue weighted by Gasteiger charge is -2.09. The van der Waals surface area contributed by atoms with Gasteiger partial charge in [-0.1, -0.05) is 25.1 Å². The first-order valence-corrected chi connectivity index (χ1v) is 5.48. The fourth-order valence-electron chi connectivity index (χ4n) is 2.05. The minimum Gasteiger partial charge on any atom is -0.295 e. The van der Waals surface area contributed by atoms with Crippen molar-refractivity contribution in [2.75, 3.05) is 6.54 Å². The van der Waals surface area contributed by atoms with Crippen LogP contribution in [-0.2, 0) is 13.1 Å². The first kappa shape index (κ1) is 10.2. The van der Waals surface area contributed by atoms with Crippen molar-refractivity contribution in [3.05, 3.63) is 34.9 Å². The molecule has 1 aliphatic rings. The molecule has 0 aliphatic carbocycles. The number of hydrogen-bond acceptors (Lipinski definition) is 2. The summed E-state index contributed by atoms with van der Waals surface area (Å²) >= 11 is 0. The molecule has 1 atom stereocenters. The van der Waals surface area contributed by atoms with Gasteiger partial charge in [0.25, 0.3) is 0 Å². The van der Waals surface area contributed by atoms with Crippen molar-refractivity contribution in [3.63, 3.8) is 0 Å². The largest absolute Gasteiger partial charge is 0.295 e. The van der Waals surface area contributed by atoms with Crippen LogP contribution < -0.4 is 0 Å². The minimum atomic E-state index is 0.00553. The highest BCUT2D eigenvalue weighted by atomic mass is 15.1. The summed E-state index contributed by atoms with van der Waals surface area (Å²) in [7, 11) is 0. The number of rotatable bonds is 2. The lowest BCUT2D eigenvalue weighted by Crippen LogP contribution is -2.14. The predicted molar refractivity (Wildman–Crippen MR) is 60.3 cm³/mol. The van der Waals surface area contributed by atoms with Gasteiger partial charge in [0.15, 0.2) is 0 Å². The van der Waals surface area contributed by atoms with Crippen LogP contribution in [-0.4, -0.2) is 11.4 Å². The summed E-state index contributed by atoms with van der Waals surface area (Å²) < 4.78 is 0. The number of fused-ring (bicyclic) bond motifs is 1. The van der Waals surface area contributed by atoms with E-state index in [0.29, 0.717) is 0 Å². The molecule has 2 rings (SSSR count). The summed E-state index contributed by atoms with van der Waals surface area (Å²) in [5, 5.41) is 8.87. The van der Waals surface area contributed by atoms with Gasteiger partial charge in [-0.15, -0.1) is 0 Å². The van der Waals surface area contributed by atoms with Gasteiger partial charge in [-0.25, -0.2) is 0 Å². The van der Waals surface area contributed by atoms with E-state index in [9.17, 15) is 0 Å². The maximum atomic E-state index is 8.87. The van der Waals surface area contributed by atoms with Gasteiger partial charge < -0.3 is 0 Å². The van der Waals surface area contributed by atoms with Gasteiger partial charge in [0.1, 0.15) is 0 Å². The average Bonchev–Trinajstić information content (AvgIpc) is 2.69. The maximum Gasteiger partial charge on any atom is 0.0700 e. The smallest absolute Gasteiger partial charge is 0.0700 e. The highest BCUT2D eigenvalue weighted by Gasteiger charge is 2.18. The van der Waals surface area contributed by atoms with Gasteiger partial charge in [0.05, 0.1) is 12.0 Å². The van der Waals surface area contributed by atoms with E-state index in [1.165, 1.54) is 11.1 Å². The number of benzene rings is 1. The standard InChI is InChI=1S/C13H16N2/c1-3-15-8-12-5-4-11(10(2)7-14)6-13(12)9-15/h4-6,10H,3,8-9H2,1-2H3. The molecular weight excluding hydrogens is 184 g/mol. The third-order valence-corrected chi connectivity index (χ3v) is 3.16. The van der Waals surface area contributed by atoms with E-state index in [1.807, 2.05) is 6.92 Å². The molecule has 0 saturated carbocycles. The Balaban J connectivity index is 2.27. The van der Waals surface area contributed by atoms with Crippen molar-refractivity contribution in [1.82, 2.24) is 4.90 Å². The molecule has 0 N–H and O–H groups in total. The third-order valence-electron chi connectivity index (χ3n) is 3.16. The van der Waals surface area contributed by atoms with Crippen molar-refractivity contribution in [3.8, 4) is 6.07 Å². The molecule has 0 amide bonds. The van der Waals surface area contributed by atoms with Crippen LogP contribution in [0.1, 0.15) is 36.5 Å². The van der Waals surface area contributed by atoms with Gasteiger partial charge in [-0.3, -0.25) is 4.90 Å². The van der Waals surface area contributed by atoms with Gasteiger partial charge in [-0.2, -0.15) is 5.26 Å². The van der Waals surface area contributed by atoms with Crippen molar-refractivity contribution in [2.45, 2.75) is 32.9 Å². The topological polar surface area (TPSA) is 27.0 Å². The maximum absolute atomic E-state index is 8.87. The molecule has 0 aromatic heterocycles. The Bertz CT molecular complexity index is 403. The van der Waals surface area contributed by atoms with E-state index in [0.717, 1.165) is 25.2 Å². The second-order valence-electron chi connectivity index (χ2n) is 4.18. The molecule has 1 aromatic carbocycles. The Morgan fingerprint density at radius 3 is 2.80 bits per heavy atom. The van der Waals surface area contributed by atoms with Crippen molar-refractivity contribution >= 4 is 0 Å². The van der Waals surface area contributed by atoms with E-state index >= 15 is 0 Å². The lowest BCUT2D eigenvalue weighted by atomic mass is 9.98. The monoisotopic (exact) mass is 200 g/mol. The zero-order valence-electron chi connectivity index (χ0n) is 9.33. The van der Waals surface area contributed by atoms with Crippen molar-refractivity contribution in [1.29, 1.82) is 5.26 Å². The average molecular weight is 200 g/mol. The summed E-state index contributed by atoms with van der Waals surface area (Å²) in [6.07, 6.45) is 0. The first-order valence-electron chi connectivity index (χ1n) is 5.48. The summed E-state index contributed by atoms with van der Waals surface area (Å²) in [5.74, 6) is 0.00553. The predicted octanol–water partition coefficient (Wildman–Crippen LogP) is 2.65. The van der Waals surface area contributed by atoms with Crippen LogP contribution >= 0.6 is 0 Å². The number of nitrogens with zero attached hydrogens (tertiary/aromatic N) is 2. The van der Waals surface area contributed by atoms with Crippen molar-refractivity contribution < 1.29 is 0 Å². The van der Waals surface area contributed by atoms with E-state index in [-0.39, 0.29) is 5.92 Å².